The Morgan fingerprint density at radius 1 is 0.713 bits per heavy atom. The number of likely N-dealkylation sites (tertiary alicyclic amines) is 1. The molecule has 0 aromatic heterocycles. The Hall–Kier alpha value is -6.79. The van der Waals surface area contributed by atoms with E-state index < -0.39 is 121 Å². The van der Waals surface area contributed by atoms with Gasteiger partial charge in [0.1, 0.15) is 24.2 Å². The minimum absolute atomic E-state index is 0.0245. The molecule has 0 aliphatic carbocycles. The maximum absolute atomic E-state index is 14.7. The molecule has 1 aromatic rings. The number of nitrogens with one attached hydrogen (secondary N) is 5. The summed E-state index contributed by atoms with van der Waals surface area (Å²) in [5.41, 5.74) is 0.625. The summed E-state index contributed by atoms with van der Waals surface area (Å²) in [6, 6.07) is 1.82. The van der Waals surface area contributed by atoms with Crippen LogP contribution in [0.3, 0.4) is 0 Å². The Morgan fingerprint density at radius 2 is 1.33 bits per heavy atom. The lowest BCUT2D eigenvalue weighted by molar-refractivity contribution is -0.148. The average Bonchev–Trinajstić information content (AvgIpc) is 3.98. The maximum Gasteiger partial charge on any atom is 0.326 e. The van der Waals surface area contributed by atoms with Crippen molar-refractivity contribution < 1.29 is 72.4 Å². The number of hydrogen-bond donors (Lipinski definition) is 7. The molecule has 2 aliphatic rings. The second-order valence-corrected chi connectivity index (χ2v) is 24.4. The number of likely N-dealkylation sites (N-methyl/N-ethyl adjacent to an activating group) is 2. The van der Waals surface area contributed by atoms with Crippen LogP contribution in [-0.2, 0) is 68.6 Å². The molecule has 2 heterocycles. The number of carboxylic acid groups (broad SMARTS) is 2. The molecule has 9 amide bonds. The van der Waals surface area contributed by atoms with Crippen molar-refractivity contribution >= 4 is 65.1 Å². The molecule has 0 spiro atoms. The summed E-state index contributed by atoms with van der Waals surface area (Å²) in [4.78, 5) is 153. The first-order valence-electron chi connectivity index (χ1n) is 30.9. The molecule has 1 aromatic carbocycles. The number of rotatable bonds is 40. The van der Waals surface area contributed by atoms with Crippen LogP contribution >= 0.6 is 0 Å². The van der Waals surface area contributed by atoms with Gasteiger partial charge in [-0.2, -0.15) is 0 Å². The zero-order valence-electron chi connectivity index (χ0n) is 53.6. The molecule has 24 heteroatoms. The second kappa shape index (κ2) is 37.1. The van der Waals surface area contributed by atoms with Crippen LogP contribution in [0.1, 0.15) is 145 Å². The van der Waals surface area contributed by atoms with Crippen molar-refractivity contribution in [2.45, 2.75) is 200 Å². The lowest BCUT2D eigenvalue weighted by atomic mass is 9.89. The number of hydrogen-bond acceptors (Lipinski definition) is 14. The smallest absolute Gasteiger partial charge is 0.326 e. The molecule has 87 heavy (non-hydrogen) atoms. The van der Waals surface area contributed by atoms with E-state index in [0.29, 0.717) is 43.7 Å². The van der Waals surface area contributed by atoms with Gasteiger partial charge >= 0.3 is 11.9 Å². The number of benzene rings is 1. The predicted molar refractivity (Wildman–Crippen MR) is 326 cm³/mol. The summed E-state index contributed by atoms with van der Waals surface area (Å²) in [6.45, 7) is 18.8. The highest BCUT2D eigenvalue weighted by molar-refractivity contribution is 6.13. The van der Waals surface area contributed by atoms with Gasteiger partial charge in [0.15, 0.2) is 0 Å². The summed E-state index contributed by atoms with van der Waals surface area (Å²) < 4.78 is 12.1. The van der Waals surface area contributed by atoms with E-state index in [2.05, 4.69) is 45.3 Å². The monoisotopic (exact) mass is 1220 g/mol. The van der Waals surface area contributed by atoms with Crippen molar-refractivity contribution in [3.63, 3.8) is 0 Å². The van der Waals surface area contributed by atoms with Gasteiger partial charge in [-0.15, -0.1) is 0 Å². The molecule has 0 unspecified atom stereocenters. The third kappa shape index (κ3) is 23.3. The molecule has 1 saturated heterocycles. The Balaban J connectivity index is 1.79. The molecule has 0 bridgehead atoms. The molecule has 3 rings (SSSR count). The number of unbranched alkanes of at least 4 members (excludes halogenated alkanes) is 1. The molecule has 7 N–H and O–H groups in total. The van der Waals surface area contributed by atoms with Gasteiger partial charge in [0, 0.05) is 72.3 Å². The van der Waals surface area contributed by atoms with Crippen LogP contribution in [0.2, 0.25) is 0 Å². The van der Waals surface area contributed by atoms with Crippen LogP contribution in [0.15, 0.2) is 42.5 Å². The van der Waals surface area contributed by atoms with E-state index in [4.69, 9.17) is 9.47 Å². The summed E-state index contributed by atoms with van der Waals surface area (Å²) in [7, 11) is 6.56. The van der Waals surface area contributed by atoms with Gasteiger partial charge in [-0.3, -0.25) is 57.7 Å². The second-order valence-electron chi connectivity index (χ2n) is 24.4. The maximum atomic E-state index is 14.7. The van der Waals surface area contributed by atoms with Gasteiger partial charge < -0.3 is 56.1 Å². The zero-order chi connectivity index (χ0) is 65.2. The van der Waals surface area contributed by atoms with E-state index in [0.717, 1.165) is 36.4 Å². The van der Waals surface area contributed by atoms with E-state index >= 15 is 0 Å². The molecule has 0 radical (unpaired) electrons. The quantitative estimate of drug-likeness (QED) is 0.0364. The minimum Gasteiger partial charge on any atom is -0.481 e. The lowest BCUT2D eigenvalue weighted by Gasteiger charge is -2.41. The average molecular weight is 1220 g/mol. The first kappa shape index (κ1) is 74.5. The fourth-order valence-corrected chi connectivity index (χ4v) is 11.5. The highest BCUT2D eigenvalue weighted by Crippen LogP contribution is 2.30. The van der Waals surface area contributed by atoms with Gasteiger partial charge in [-0.1, -0.05) is 99.1 Å². The topological polar surface area (TPSA) is 320 Å². The van der Waals surface area contributed by atoms with E-state index in [-0.39, 0.29) is 80.7 Å². The minimum atomic E-state index is -1.55. The Kier molecular flexibility index (Phi) is 31.8. The largest absolute Gasteiger partial charge is 0.481 e. The molecule has 11 atom stereocenters. The van der Waals surface area contributed by atoms with Crippen LogP contribution in [0.5, 0.6) is 0 Å². The SMILES string of the molecule is CC[C@H](C)[C@@H]([C@@H](CC(=O)N1CCC[C@H]1[C@H](OC)[C@@H](C)C(=O)N[C@@H](Cc1ccccc1)C(=O)N[C@@H](CCC(=O)O)C(=O)N[C@@H](CCCCNC(=O)CCN1C(=O)C=CC1=O)C(=O)O)OC)N(C)C(=O)[C@@H](NC(=O)[C@H](C(C)C)N(C)CCCC(C)C)C(C)C. The lowest BCUT2D eigenvalue weighted by Crippen LogP contribution is -2.60. The first-order chi connectivity index (χ1) is 41.1. The third-order valence-corrected chi connectivity index (χ3v) is 16.7. The van der Waals surface area contributed by atoms with Crippen LogP contribution in [0, 0.1) is 29.6 Å². The summed E-state index contributed by atoms with van der Waals surface area (Å²) in [5.74, 6) is -8.33. The molecule has 24 nitrogen and oxygen atoms in total. The van der Waals surface area contributed by atoms with Crippen molar-refractivity contribution in [2.24, 2.45) is 29.6 Å². The van der Waals surface area contributed by atoms with Crippen molar-refractivity contribution in [1.29, 1.82) is 0 Å². The number of nitrogens with zero attached hydrogens (tertiary/aromatic N) is 4. The number of aliphatic carboxylic acids is 2. The highest BCUT2D eigenvalue weighted by Gasteiger charge is 2.44. The van der Waals surface area contributed by atoms with E-state index in [1.54, 1.807) is 54.1 Å². The van der Waals surface area contributed by atoms with Crippen molar-refractivity contribution in [3.05, 3.63) is 48.0 Å². The summed E-state index contributed by atoms with van der Waals surface area (Å²) in [6.07, 6.45) is 3.28. The van der Waals surface area contributed by atoms with Crippen molar-refractivity contribution in [1.82, 2.24) is 46.2 Å². The number of carbonyl (C=O) groups excluding carboxylic acids is 9. The van der Waals surface area contributed by atoms with Crippen LogP contribution in [-0.4, -0.2) is 204 Å². The Morgan fingerprint density at radius 3 is 1.90 bits per heavy atom. The number of imide groups is 1. The number of carboxylic acids is 2. The van der Waals surface area contributed by atoms with Crippen LogP contribution in [0.25, 0.3) is 0 Å². The molecular formula is C63H101N9O15. The van der Waals surface area contributed by atoms with Crippen molar-refractivity contribution in [3.8, 4) is 0 Å². The highest BCUT2D eigenvalue weighted by atomic mass is 16.5. The number of carbonyl (C=O) groups is 11. The van der Waals surface area contributed by atoms with Gasteiger partial charge in [0.2, 0.25) is 41.4 Å². The summed E-state index contributed by atoms with van der Waals surface area (Å²) >= 11 is 0. The zero-order valence-corrected chi connectivity index (χ0v) is 53.6. The number of amides is 9. The molecular weight excluding hydrogens is 1120 g/mol. The molecule has 1 fully saturated rings. The van der Waals surface area contributed by atoms with E-state index in [1.165, 1.54) is 14.2 Å². The van der Waals surface area contributed by atoms with E-state index in [9.17, 15) is 63.0 Å². The van der Waals surface area contributed by atoms with Gasteiger partial charge in [0.05, 0.1) is 42.7 Å². The molecule has 2 aliphatic heterocycles. The normalized spacial score (nSPS) is 17.7. The predicted octanol–water partition coefficient (Wildman–Crippen LogP) is 3.69. The Bertz CT molecular complexity index is 2480. The number of methoxy groups -OCH3 is 2. The Labute approximate surface area is 514 Å². The van der Waals surface area contributed by atoms with Crippen LogP contribution < -0.4 is 26.6 Å². The number of ether oxygens (including phenoxy) is 2. The first-order valence-corrected chi connectivity index (χ1v) is 30.9. The molecule has 0 saturated carbocycles. The van der Waals surface area contributed by atoms with Gasteiger partial charge in [-0.25, -0.2) is 4.79 Å². The third-order valence-electron chi connectivity index (χ3n) is 16.7. The van der Waals surface area contributed by atoms with Crippen LogP contribution in [0.4, 0.5) is 0 Å². The van der Waals surface area contributed by atoms with Crippen molar-refractivity contribution in [2.75, 3.05) is 54.5 Å². The van der Waals surface area contributed by atoms with E-state index in [1.807, 2.05) is 48.6 Å². The fraction of sp³-hybridized carbons (Fsp3) is 0.698. The molecule has 488 valence electrons. The van der Waals surface area contributed by atoms with Gasteiger partial charge in [-0.05, 0) is 94.2 Å². The summed E-state index contributed by atoms with van der Waals surface area (Å²) in [5, 5.41) is 33.2. The van der Waals surface area contributed by atoms with Gasteiger partial charge in [0.25, 0.3) is 11.8 Å². The standard InChI is InChI=1S/C63H101N9O15/c1-14-41(8)56(70(11)62(83)54(39(4)5)68-61(82)55(40(6)7)69(10)33-20-22-38(2)3)48(86-12)37-52(76)71-34-21-26-47(71)57(87-13)42(9)58(79)67-46(36-43-23-16-15-17-24-43)60(81)65-44(27-30-53(77)78)59(80)66-45(63(84)85)25-18-19-32-64-49(73)31-35-72-50(74)28-29-51(72)75/h15-17,23-24,28-29,38-42,44-48,54-57H,14,18-22,25-27,30-37H2,1-13H3,(H,64,73)(H,65,81)(H,66,80)(H,67,79)(H,68,82)(H,77,78)(H,84,85)/t41-,42+,44-,45-,46-,47-,48+,54-,55-,56-,57+/m0/s1. The fourth-order valence-electron chi connectivity index (χ4n) is 11.5.